The van der Waals surface area contributed by atoms with Gasteiger partial charge in [-0.25, -0.2) is 0 Å². The molecule has 3 amide bonds. The van der Waals surface area contributed by atoms with Gasteiger partial charge in [-0.3, -0.25) is 19.3 Å². The Morgan fingerprint density at radius 2 is 1.26 bits per heavy atom. The monoisotopic (exact) mass is 504 g/mol. The summed E-state index contributed by atoms with van der Waals surface area (Å²) in [4.78, 5) is 39.0. The number of alkyl halides is 2. The summed E-state index contributed by atoms with van der Waals surface area (Å²) in [5, 5.41) is 2.80. The number of halogens is 2. The zero-order valence-corrected chi connectivity index (χ0v) is 20.7. The van der Waals surface area contributed by atoms with Crippen LogP contribution < -0.4 is 5.32 Å². The summed E-state index contributed by atoms with van der Waals surface area (Å²) < 4.78 is 0. The molecule has 2 atom stereocenters. The molecule has 1 heterocycles. The lowest BCUT2D eigenvalue weighted by Crippen LogP contribution is -2.57. The van der Waals surface area contributed by atoms with Crippen molar-refractivity contribution in [3.63, 3.8) is 0 Å². The highest BCUT2D eigenvalue weighted by Crippen LogP contribution is 2.69. The first-order valence-corrected chi connectivity index (χ1v) is 12.2. The van der Waals surface area contributed by atoms with Crippen molar-refractivity contribution in [2.45, 2.75) is 23.6 Å². The number of hydrogen-bond acceptors (Lipinski definition) is 3. The number of imide groups is 1. The Morgan fingerprint density at radius 1 is 0.800 bits per heavy atom. The van der Waals surface area contributed by atoms with E-state index in [0.29, 0.717) is 5.69 Å². The van der Waals surface area contributed by atoms with Gasteiger partial charge in [-0.15, -0.1) is 23.2 Å². The van der Waals surface area contributed by atoms with Gasteiger partial charge in [-0.2, -0.15) is 0 Å². The Balaban J connectivity index is 1.40. The van der Waals surface area contributed by atoms with Crippen molar-refractivity contribution >= 4 is 46.6 Å². The second-order valence-electron chi connectivity index (χ2n) is 9.58. The number of aryl methyl sites for hydroxylation is 2. The Labute approximate surface area is 213 Å². The summed E-state index contributed by atoms with van der Waals surface area (Å²) in [6.45, 7) is 3.54. The molecule has 2 bridgehead atoms. The van der Waals surface area contributed by atoms with Gasteiger partial charge in [0.2, 0.25) is 17.7 Å². The number of nitrogens with one attached hydrogen (secondary N) is 1. The van der Waals surface area contributed by atoms with E-state index in [1.165, 1.54) is 0 Å². The Bertz CT molecular complexity index is 1330. The Morgan fingerprint density at radius 3 is 1.69 bits per heavy atom. The normalized spacial score (nSPS) is 27.9. The van der Waals surface area contributed by atoms with Gasteiger partial charge in [0, 0.05) is 5.69 Å². The molecule has 1 saturated heterocycles. The average Bonchev–Trinajstić information content (AvgIpc) is 3.10. The molecule has 0 saturated carbocycles. The van der Waals surface area contributed by atoms with E-state index in [1.54, 1.807) is 6.07 Å². The van der Waals surface area contributed by atoms with E-state index in [-0.39, 0.29) is 0 Å². The number of anilines is 1. The van der Waals surface area contributed by atoms with E-state index in [1.807, 2.05) is 74.5 Å². The fraction of sp³-hybridized carbons (Fsp3) is 0.250. The third-order valence-electron chi connectivity index (χ3n) is 7.77. The summed E-state index contributed by atoms with van der Waals surface area (Å²) in [5.74, 6) is -3.22. The van der Waals surface area contributed by atoms with Crippen LogP contribution in [0, 0.1) is 25.7 Å². The standard InChI is InChI=1S/C28H22Cl2N2O3/c1-15-11-12-17(13-16(15)2)31-22(33)14-32-25(34)23-24(26(32)35)28(30)19-8-4-3-7-18(19)27(23,29)20-9-5-6-10-21(20)28/h3-13,23-24H,14H2,1-2H3,(H,31,33)/t23-,24-,27?,28?/m0/s1. The molecule has 5 nitrogen and oxygen atoms in total. The van der Waals surface area contributed by atoms with Crippen LogP contribution in [-0.4, -0.2) is 29.2 Å². The minimum atomic E-state index is -1.25. The van der Waals surface area contributed by atoms with Gasteiger partial charge >= 0.3 is 0 Å². The van der Waals surface area contributed by atoms with Crippen molar-refractivity contribution in [2.24, 2.45) is 11.8 Å². The minimum Gasteiger partial charge on any atom is -0.325 e. The molecule has 1 aliphatic heterocycles. The van der Waals surface area contributed by atoms with E-state index in [9.17, 15) is 14.4 Å². The third-order valence-corrected chi connectivity index (χ3v) is 9.05. The fourth-order valence-electron chi connectivity index (χ4n) is 6.04. The van der Waals surface area contributed by atoms with Crippen LogP contribution in [0.25, 0.3) is 0 Å². The van der Waals surface area contributed by atoms with E-state index in [2.05, 4.69) is 5.32 Å². The maximum Gasteiger partial charge on any atom is 0.244 e. The van der Waals surface area contributed by atoms with Crippen LogP contribution in [0.5, 0.6) is 0 Å². The predicted molar refractivity (Wildman–Crippen MR) is 134 cm³/mol. The number of rotatable bonds is 3. The lowest BCUT2D eigenvalue weighted by atomic mass is 9.54. The number of hydrogen-bond donors (Lipinski definition) is 1. The SMILES string of the molecule is Cc1ccc(NC(=O)CN2C(=O)[C@@H]3[C@@H](C2=O)C2(Cl)c4ccccc4C3(Cl)c3ccccc32)cc1C. The van der Waals surface area contributed by atoms with Crippen LogP contribution in [0.4, 0.5) is 5.69 Å². The van der Waals surface area contributed by atoms with E-state index in [4.69, 9.17) is 23.2 Å². The number of benzene rings is 3. The topological polar surface area (TPSA) is 66.5 Å². The van der Waals surface area contributed by atoms with Gasteiger partial charge in [-0.1, -0.05) is 54.6 Å². The molecule has 0 spiro atoms. The van der Waals surface area contributed by atoms with Gasteiger partial charge in [0.25, 0.3) is 0 Å². The van der Waals surface area contributed by atoms with Crippen molar-refractivity contribution in [3.8, 4) is 0 Å². The summed E-state index contributed by atoms with van der Waals surface area (Å²) in [6.07, 6.45) is 0. The fourth-order valence-corrected chi connectivity index (χ4v) is 7.14. The van der Waals surface area contributed by atoms with Crippen LogP contribution in [-0.2, 0) is 24.1 Å². The van der Waals surface area contributed by atoms with Crippen LogP contribution in [0.2, 0.25) is 0 Å². The number of carbonyl (C=O) groups is 3. The summed E-state index contributed by atoms with van der Waals surface area (Å²) in [7, 11) is 0. The summed E-state index contributed by atoms with van der Waals surface area (Å²) >= 11 is 14.8. The number of nitrogens with zero attached hydrogens (tertiary/aromatic N) is 1. The van der Waals surface area contributed by atoms with Crippen molar-refractivity contribution in [1.29, 1.82) is 0 Å². The van der Waals surface area contributed by atoms with Crippen molar-refractivity contribution < 1.29 is 14.4 Å². The van der Waals surface area contributed by atoms with Gasteiger partial charge in [0.15, 0.2) is 0 Å². The second kappa shape index (κ2) is 7.42. The number of likely N-dealkylation sites (tertiary alicyclic amines) is 1. The molecule has 0 aromatic heterocycles. The van der Waals surface area contributed by atoms with Crippen LogP contribution in [0.1, 0.15) is 33.4 Å². The maximum absolute atomic E-state index is 13.8. The molecule has 7 heteroatoms. The van der Waals surface area contributed by atoms with Crippen molar-refractivity contribution in [1.82, 2.24) is 4.90 Å². The minimum absolute atomic E-state index is 0.399. The molecular weight excluding hydrogens is 483 g/mol. The number of carbonyl (C=O) groups excluding carboxylic acids is 3. The molecule has 0 radical (unpaired) electrons. The largest absolute Gasteiger partial charge is 0.325 e. The smallest absolute Gasteiger partial charge is 0.244 e. The molecule has 3 aromatic rings. The van der Waals surface area contributed by atoms with Crippen LogP contribution in [0.15, 0.2) is 66.7 Å². The van der Waals surface area contributed by atoms with Gasteiger partial charge < -0.3 is 5.32 Å². The molecular formula is C28H22Cl2N2O3. The molecule has 4 aliphatic rings. The Kier molecular flexibility index (Phi) is 4.73. The molecule has 7 rings (SSSR count). The first-order chi connectivity index (χ1) is 16.7. The maximum atomic E-state index is 13.8. The van der Waals surface area contributed by atoms with E-state index in [0.717, 1.165) is 38.3 Å². The van der Waals surface area contributed by atoms with Gasteiger partial charge in [0.05, 0.1) is 11.8 Å². The first-order valence-electron chi connectivity index (χ1n) is 11.5. The number of amides is 3. The molecule has 1 N–H and O–H groups in total. The quantitative estimate of drug-likeness (QED) is 0.410. The second-order valence-corrected chi connectivity index (χ2v) is 10.8. The zero-order valence-electron chi connectivity index (χ0n) is 19.1. The van der Waals surface area contributed by atoms with E-state index < -0.39 is 45.9 Å². The lowest BCUT2D eigenvalue weighted by molar-refractivity contribution is -0.142. The van der Waals surface area contributed by atoms with Crippen LogP contribution in [0.3, 0.4) is 0 Å². The molecule has 3 aliphatic carbocycles. The van der Waals surface area contributed by atoms with E-state index >= 15 is 0 Å². The zero-order chi connectivity index (χ0) is 24.7. The lowest BCUT2D eigenvalue weighted by Gasteiger charge is -2.54. The first kappa shape index (κ1) is 22.3. The molecule has 3 aromatic carbocycles. The Hall–Kier alpha value is -3.15. The van der Waals surface area contributed by atoms with Crippen LogP contribution >= 0.6 is 23.2 Å². The molecule has 176 valence electrons. The predicted octanol–water partition coefficient (Wildman–Crippen LogP) is 4.84. The molecule has 1 fully saturated rings. The van der Waals surface area contributed by atoms with Crippen molar-refractivity contribution in [3.05, 3.63) is 100 Å². The summed E-state index contributed by atoms with van der Waals surface area (Å²) in [6, 6.07) is 20.5. The van der Waals surface area contributed by atoms with Gasteiger partial charge in [0.1, 0.15) is 16.3 Å². The van der Waals surface area contributed by atoms with Gasteiger partial charge in [-0.05, 0) is 59.4 Å². The highest BCUT2D eigenvalue weighted by Gasteiger charge is 2.73. The highest BCUT2D eigenvalue weighted by atomic mass is 35.5. The molecule has 35 heavy (non-hydrogen) atoms. The molecule has 0 unspecified atom stereocenters. The highest BCUT2D eigenvalue weighted by molar-refractivity contribution is 6.36. The van der Waals surface area contributed by atoms with Crippen molar-refractivity contribution in [2.75, 3.05) is 11.9 Å². The third kappa shape index (κ3) is 2.79. The summed E-state index contributed by atoms with van der Waals surface area (Å²) in [5.41, 5.74) is 5.68. The average molecular weight is 505 g/mol.